The van der Waals surface area contributed by atoms with E-state index in [0.717, 1.165) is 12.8 Å². The van der Waals surface area contributed by atoms with Gasteiger partial charge in [-0.3, -0.25) is 4.79 Å². The van der Waals surface area contributed by atoms with Crippen molar-refractivity contribution in [3.05, 3.63) is 48.5 Å². The van der Waals surface area contributed by atoms with Crippen LogP contribution in [0.4, 0.5) is 26.7 Å². The largest absolute Gasteiger partial charge is 0.497 e. The molecule has 2 aromatic carbocycles. The summed E-state index contributed by atoms with van der Waals surface area (Å²) in [4.78, 5) is 38.5. The van der Waals surface area contributed by atoms with Gasteiger partial charge >= 0.3 is 12.1 Å². The Morgan fingerprint density at radius 2 is 1.50 bits per heavy atom. The summed E-state index contributed by atoms with van der Waals surface area (Å²) in [5, 5.41) is 11.2. The highest BCUT2D eigenvalue weighted by Gasteiger charge is 2.28. The highest BCUT2D eigenvalue weighted by atomic mass is 16.5. The lowest BCUT2D eigenvalue weighted by Crippen LogP contribution is -2.46. The van der Waals surface area contributed by atoms with Crippen molar-refractivity contribution in [2.45, 2.75) is 19.8 Å². The summed E-state index contributed by atoms with van der Waals surface area (Å²) in [6, 6.07) is 13.2. The normalized spacial score (nSPS) is 15.4. The van der Waals surface area contributed by atoms with Gasteiger partial charge in [0.2, 0.25) is 5.91 Å². The maximum atomic E-state index is 12.6. The van der Waals surface area contributed by atoms with Crippen molar-refractivity contribution < 1.29 is 19.1 Å². The van der Waals surface area contributed by atoms with E-state index in [1.165, 1.54) is 0 Å². The lowest BCUT2D eigenvalue weighted by molar-refractivity contribution is -0.126. The number of likely N-dealkylation sites (tertiary alicyclic amines) is 1. The number of anilines is 3. The van der Waals surface area contributed by atoms with Crippen molar-refractivity contribution in [2.75, 3.05) is 42.7 Å². The predicted molar refractivity (Wildman–Crippen MR) is 124 cm³/mol. The Kier molecular flexibility index (Phi) is 7.91. The molecule has 1 atom stereocenters. The lowest BCUT2D eigenvalue weighted by atomic mass is 9.97. The third-order valence-electron chi connectivity index (χ3n) is 5.17. The summed E-state index contributed by atoms with van der Waals surface area (Å²) < 4.78 is 5.09. The first-order valence-electron chi connectivity index (χ1n) is 10.6. The number of methoxy groups -OCH3 is 1. The van der Waals surface area contributed by atoms with Crippen LogP contribution in [0.5, 0.6) is 5.75 Å². The van der Waals surface area contributed by atoms with Gasteiger partial charge in [0.15, 0.2) is 0 Å². The SMILES string of the molecule is CCNC(=O)[C@@H]1CCCN(C(=O)Nc2ccc(NC(=O)Nc3ccc(OC)cc3)cc2)C1. The predicted octanol–water partition coefficient (Wildman–Crippen LogP) is 3.72. The number of nitrogens with zero attached hydrogens (tertiary/aromatic N) is 1. The topological polar surface area (TPSA) is 112 Å². The second kappa shape index (κ2) is 11.0. The van der Waals surface area contributed by atoms with Crippen LogP contribution >= 0.6 is 0 Å². The van der Waals surface area contributed by atoms with E-state index in [2.05, 4.69) is 21.3 Å². The monoisotopic (exact) mass is 439 g/mol. The van der Waals surface area contributed by atoms with E-state index < -0.39 is 0 Å². The van der Waals surface area contributed by atoms with Crippen LogP contribution in [-0.2, 0) is 4.79 Å². The van der Waals surface area contributed by atoms with Crippen molar-refractivity contribution in [3.63, 3.8) is 0 Å². The second-order valence-electron chi connectivity index (χ2n) is 7.49. The minimum atomic E-state index is -0.378. The summed E-state index contributed by atoms with van der Waals surface area (Å²) in [6.45, 7) is 3.49. The Hall–Kier alpha value is -3.75. The third kappa shape index (κ3) is 6.37. The van der Waals surface area contributed by atoms with Gasteiger partial charge in [0, 0.05) is 36.7 Å². The van der Waals surface area contributed by atoms with Crippen LogP contribution in [0, 0.1) is 5.92 Å². The molecule has 32 heavy (non-hydrogen) atoms. The van der Waals surface area contributed by atoms with Gasteiger partial charge in [0.1, 0.15) is 5.75 Å². The molecule has 1 saturated heterocycles. The van der Waals surface area contributed by atoms with Gasteiger partial charge in [-0.25, -0.2) is 9.59 Å². The minimum absolute atomic E-state index is 0.00616. The van der Waals surface area contributed by atoms with Crippen molar-refractivity contribution in [1.82, 2.24) is 10.2 Å². The first-order valence-corrected chi connectivity index (χ1v) is 10.6. The molecule has 170 valence electrons. The molecule has 1 heterocycles. The number of carbonyl (C=O) groups excluding carboxylic acids is 3. The molecule has 0 bridgehead atoms. The average Bonchev–Trinajstić information content (AvgIpc) is 2.81. The number of carbonyl (C=O) groups is 3. The van der Waals surface area contributed by atoms with E-state index in [0.29, 0.717) is 42.4 Å². The van der Waals surface area contributed by atoms with E-state index in [1.807, 2.05) is 6.92 Å². The summed E-state index contributed by atoms with van der Waals surface area (Å²) in [6.07, 6.45) is 1.58. The van der Waals surface area contributed by atoms with Gasteiger partial charge in [-0.2, -0.15) is 0 Å². The summed E-state index contributed by atoms with van der Waals surface area (Å²) in [5.41, 5.74) is 1.83. The molecule has 0 radical (unpaired) electrons. The van der Waals surface area contributed by atoms with Gasteiger partial charge in [-0.05, 0) is 68.3 Å². The van der Waals surface area contributed by atoms with Gasteiger partial charge in [-0.15, -0.1) is 0 Å². The number of rotatable bonds is 6. The Labute approximate surface area is 187 Å². The van der Waals surface area contributed by atoms with E-state index in [-0.39, 0.29) is 23.9 Å². The molecule has 1 aliphatic heterocycles. The standard InChI is InChI=1S/C23H29N5O4/c1-3-24-21(29)16-5-4-14-28(15-16)23(31)27-19-8-6-17(7-9-19)25-22(30)26-18-10-12-20(32-2)13-11-18/h6-13,16H,3-5,14-15H2,1-2H3,(H,24,29)(H,27,31)(H2,25,26,30)/t16-/m1/s1. The van der Waals surface area contributed by atoms with Crippen LogP contribution in [0.2, 0.25) is 0 Å². The van der Waals surface area contributed by atoms with Crippen molar-refractivity contribution in [1.29, 1.82) is 0 Å². The Morgan fingerprint density at radius 3 is 2.06 bits per heavy atom. The molecule has 1 fully saturated rings. The van der Waals surface area contributed by atoms with Crippen molar-refractivity contribution in [3.8, 4) is 5.75 Å². The zero-order chi connectivity index (χ0) is 22.9. The fraction of sp³-hybridized carbons (Fsp3) is 0.348. The molecule has 9 nitrogen and oxygen atoms in total. The Balaban J connectivity index is 1.49. The zero-order valence-electron chi connectivity index (χ0n) is 18.3. The van der Waals surface area contributed by atoms with E-state index >= 15 is 0 Å². The Morgan fingerprint density at radius 1 is 0.938 bits per heavy atom. The van der Waals surface area contributed by atoms with Gasteiger partial charge in [-0.1, -0.05) is 0 Å². The van der Waals surface area contributed by atoms with Crippen LogP contribution < -0.4 is 26.0 Å². The molecule has 9 heteroatoms. The van der Waals surface area contributed by atoms with Crippen LogP contribution in [0.25, 0.3) is 0 Å². The van der Waals surface area contributed by atoms with Crippen LogP contribution in [0.1, 0.15) is 19.8 Å². The molecule has 0 spiro atoms. The first kappa shape index (κ1) is 22.9. The molecular weight excluding hydrogens is 410 g/mol. The molecule has 0 saturated carbocycles. The molecule has 4 N–H and O–H groups in total. The number of urea groups is 2. The molecule has 1 aliphatic rings. The number of nitrogens with one attached hydrogen (secondary N) is 4. The Bertz CT molecular complexity index is 930. The molecule has 3 rings (SSSR count). The van der Waals surface area contributed by atoms with Gasteiger partial charge in [0.25, 0.3) is 0 Å². The second-order valence-corrected chi connectivity index (χ2v) is 7.49. The maximum absolute atomic E-state index is 12.6. The number of hydrogen-bond donors (Lipinski definition) is 4. The van der Waals surface area contributed by atoms with Crippen molar-refractivity contribution >= 4 is 35.0 Å². The third-order valence-corrected chi connectivity index (χ3v) is 5.17. The molecule has 0 unspecified atom stereocenters. The summed E-state index contributed by atoms with van der Waals surface area (Å²) in [5.74, 6) is 0.525. The van der Waals surface area contributed by atoms with Gasteiger partial charge < -0.3 is 30.9 Å². The molecule has 0 aliphatic carbocycles. The van der Waals surface area contributed by atoms with Gasteiger partial charge in [0.05, 0.1) is 13.0 Å². The smallest absolute Gasteiger partial charge is 0.323 e. The first-order chi connectivity index (χ1) is 15.5. The highest BCUT2D eigenvalue weighted by Crippen LogP contribution is 2.20. The number of amides is 5. The summed E-state index contributed by atoms with van der Waals surface area (Å²) >= 11 is 0. The van der Waals surface area contributed by atoms with Crippen LogP contribution in [-0.4, -0.2) is 49.6 Å². The molecule has 0 aromatic heterocycles. The number of hydrogen-bond acceptors (Lipinski definition) is 4. The van der Waals surface area contributed by atoms with E-state index in [4.69, 9.17) is 4.74 Å². The van der Waals surface area contributed by atoms with E-state index in [1.54, 1.807) is 60.5 Å². The fourth-order valence-corrected chi connectivity index (χ4v) is 3.50. The van der Waals surface area contributed by atoms with Crippen LogP contribution in [0.3, 0.4) is 0 Å². The molecular formula is C23H29N5O4. The number of benzene rings is 2. The maximum Gasteiger partial charge on any atom is 0.323 e. The molecule has 5 amide bonds. The molecule has 2 aromatic rings. The zero-order valence-corrected chi connectivity index (χ0v) is 18.3. The summed E-state index contributed by atoms with van der Waals surface area (Å²) in [7, 11) is 1.58. The highest BCUT2D eigenvalue weighted by molar-refractivity contribution is 6.00. The lowest BCUT2D eigenvalue weighted by Gasteiger charge is -2.32. The van der Waals surface area contributed by atoms with E-state index in [9.17, 15) is 14.4 Å². The number of ether oxygens (including phenoxy) is 1. The minimum Gasteiger partial charge on any atom is -0.497 e. The average molecular weight is 440 g/mol. The quantitative estimate of drug-likeness (QED) is 0.550. The van der Waals surface area contributed by atoms with Crippen LogP contribution in [0.15, 0.2) is 48.5 Å². The fourth-order valence-electron chi connectivity index (χ4n) is 3.50. The number of piperidine rings is 1. The van der Waals surface area contributed by atoms with Crippen molar-refractivity contribution in [2.24, 2.45) is 5.92 Å².